The third-order valence-electron chi connectivity index (χ3n) is 1.46. The zero-order valence-electron chi connectivity index (χ0n) is 9.10. The van der Waals surface area contributed by atoms with Crippen molar-refractivity contribution in [2.75, 3.05) is 5.32 Å². The van der Waals surface area contributed by atoms with Crippen molar-refractivity contribution < 1.29 is 13.2 Å². The smallest absolute Gasteiger partial charge is 0.271 e. The van der Waals surface area contributed by atoms with Crippen LogP contribution in [0.3, 0.4) is 0 Å². The maximum absolute atomic E-state index is 10.7. The minimum absolute atomic E-state index is 0.0284. The highest BCUT2D eigenvalue weighted by Gasteiger charge is 1.96. The molecule has 0 fully saturated rings. The van der Waals surface area contributed by atoms with Crippen LogP contribution in [0.25, 0.3) is 0 Å². The van der Waals surface area contributed by atoms with Gasteiger partial charge in [-0.3, -0.25) is 4.79 Å². The van der Waals surface area contributed by atoms with Gasteiger partial charge in [0.05, 0.1) is 0 Å². The molecule has 1 aromatic rings. The molecule has 0 atom stereocenters. The Morgan fingerprint density at radius 2 is 1.69 bits per heavy atom. The lowest BCUT2D eigenvalue weighted by molar-refractivity contribution is -0.114. The fourth-order valence-electron chi connectivity index (χ4n) is 0.903. The Kier molecular flexibility index (Phi) is 5.65. The maximum atomic E-state index is 10.7. The summed E-state index contributed by atoms with van der Waals surface area (Å²) in [6.07, 6.45) is 0. The van der Waals surface area contributed by atoms with Crippen molar-refractivity contribution in [2.24, 2.45) is 10.3 Å². The second kappa shape index (κ2) is 6.21. The van der Waals surface area contributed by atoms with Crippen LogP contribution in [0, 0.1) is 6.92 Å². The number of rotatable bonds is 1. The van der Waals surface area contributed by atoms with Crippen LogP contribution in [0.1, 0.15) is 12.5 Å². The first-order valence-electron chi connectivity index (χ1n) is 4.34. The molecule has 0 bridgehead atoms. The molecule has 0 aliphatic heterocycles. The molecule has 5 N–H and O–H groups in total. The number of nitrogens with one attached hydrogen (secondary N) is 1. The summed E-state index contributed by atoms with van der Waals surface area (Å²) in [5.41, 5.74) is 1.97. The average Bonchev–Trinajstić information content (AvgIpc) is 2.05. The molecule has 16 heavy (non-hydrogen) atoms. The highest BCUT2D eigenvalue weighted by molar-refractivity contribution is 7.86. The molecule has 0 aliphatic carbocycles. The van der Waals surface area contributed by atoms with Crippen molar-refractivity contribution in [3.63, 3.8) is 0 Å². The zero-order chi connectivity index (χ0) is 12.8. The normalized spacial score (nSPS) is 10.0. The van der Waals surface area contributed by atoms with Crippen LogP contribution in [-0.4, -0.2) is 14.3 Å². The fraction of sp³-hybridized carbons (Fsp3) is 0.222. The van der Waals surface area contributed by atoms with Crippen LogP contribution in [0.5, 0.6) is 0 Å². The van der Waals surface area contributed by atoms with E-state index in [9.17, 15) is 13.2 Å². The van der Waals surface area contributed by atoms with E-state index in [0.29, 0.717) is 0 Å². The van der Waals surface area contributed by atoms with Crippen molar-refractivity contribution >= 4 is 21.8 Å². The molecule has 0 saturated carbocycles. The predicted octanol–water partition coefficient (Wildman–Crippen LogP) is 0.102. The molecule has 0 aliphatic rings. The van der Waals surface area contributed by atoms with Gasteiger partial charge in [0.1, 0.15) is 0 Å². The molecule has 7 heteroatoms. The van der Waals surface area contributed by atoms with Gasteiger partial charge in [-0.2, -0.15) is 8.42 Å². The van der Waals surface area contributed by atoms with Crippen molar-refractivity contribution in [1.29, 1.82) is 0 Å². The van der Waals surface area contributed by atoms with Gasteiger partial charge < -0.3 is 5.32 Å². The van der Waals surface area contributed by atoms with E-state index in [4.69, 9.17) is 0 Å². The monoisotopic (exact) mass is 245 g/mol. The van der Waals surface area contributed by atoms with Gasteiger partial charge in [-0.05, 0) is 18.6 Å². The molecular formula is C9H15N3O3S. The van der Waals surface area contributed by atoms with Gasteiger partial charge in [0, 0.05) is 12.6 Å². The molecule has 1 amide bonds. The summed E-state index contributed by atoms with van der Waals surface area (Å²) in [5.74, 6) is -0.0284. The molecule has 6 nitrogen and oxygen atoms in total. The lowest BCUT2D eigenvalue weighted by Crippen LogP contribution is -2.21. The van der Waals surface area contributed by atoms with Crippen molar-refractivity contribution in [2.45, 2.75) is 13.8 Å². The lowest BCUT2D eigenvalue weighted by atomic mass is 10.2. The Morgan fingerprint density at radius 1 is 1.25 bits per heavy atom. The predicted molar refractivity (Wildman–Crippen MR) is 62.8 cm³/mol. The largest absolute Gasteiger partial charge is 0.326 e. The quantitative estimate of drug-likeness (QED) is 0.651. The number of benzene rings is 1. The highest BCUT2D eigenvalue weighted by Crippen LogP contribution is 2.12. The Morgan fingerprint density at radius 3 is 2.06 bits per heavy atom. The lowest BCUT2D eigenvalue weighted by Gasteiger charge is -2.03. The van der Waals surface area contributed by atoms with Gasteiger partial charge >= 0.3 is 0 Å². The van der Waals surface area contributed by atoms with Crippen LogP contribution in [-0.2, 0) is 15.0 Å². The summed E-state index contributed by atoms with van der Waals surface area (Å²) in [4.78, 5) is 10.7. The molecule has 1 aromatic carbocycles. The van der Waals surface area contributed by atoms with E-state index < -0.39 is 10.2 Å². The highest BCUT2D eigenvalue weighted by atomic mass is 32.2. The molecule has 90 valence electrons. The minimum Gasteiger partial charge on any atom is -0.326 e. The molecule has 0 aromatic heterocycles. The van der Waals surface area contributed by atoms with Crippen LogP contribution in [0.2, 0.25) is 0 Å². The number of amides is 1. The van der Waals surface area contributed by atoms with Crippen LogP contribution in [0.4, 0.5) is 5.69 Å². The number of hydrogen-bond donors (Lipinski definition) is 3. The van der Waals surface area contributed by atoms with Gasteiger partial charge in [0.15, 0.2) is 0 Å². The molecule has 0 heterocycles. The van der Waals surface area contributed by atoms with E-state index in [2.05, 4.69) is 15.6 Å². The van der Waals surface area contributed by atoms with E-state index >= 15 is 0 Å². The van der Waals surface area contributed by atoms with Gasteiger partial charge in [-0.15, -0.1) is 0 Å². The molecular weight excluding hydrogens is 230 g/mol. The van der Waals surface area contributed by atoms with Crippen LogP contribution < -0.4 is 15.6 Å². The van der Waals surface area contributed by atoms with Gasteiger partial charge in [-0.25, -0.2) is 10.3 Å². The Hall–Kier alpha value is -1.44. The molecule has 1 rings (SSSR count). The number of nitrogens with two attached hydrogens (primary N) is 2. The molecule has 0 saturated heterocycles. The number of carbonyl (C=O) groups excluding carboxylic acids is 1. The van der Waals surface area contributed by atoms with Crippen LogP contribution in [0.15, 0.2) is 24.3 Å². The topological polar surface area (TPSA) is 115 Å². The Bertz CT molecular complexity index is 449. The second-order valence-corrected chi connectivity index (χ2v) is 4.26. The van der Waals surface area contributed by atoms with Crippen LogP contribution >= 0.6 is 0 Å². The maximum Gasteiger partial charge on any atom is 0.271 e. The number of hydrogen-bond acceptors (Lipinski definition) is 3. The summed E-state index contributed by atoms with van der Waals surface area (Å²) in [6.45, 7) is 3.47. The first-order valence-corrected chi connectivity index (χ1v) is 5.95. The van der Waals surface area contributed by atoms with Crippen molar-refractivity contribution in [3.05, 3.63) is 29.8 Å². The van der Waals surface area contributed by atoms with Gasteiger partial charge in [0.2, 0.25) is 5.91 Å². The van der Waals surface area contributed by atoms with Gasteiger partial charge in [0.25, 0.3) is 10.2 Å². The Balaban J connectivity index is 0.000000385. The molecule has 0 spiro atoms. The van der Waals surface area contributed by atoms with E-state index in [-0.39, 0.29) is 5.91 Å². The van der Waals surface area contributed by atoms with Crippen molar-refractivity contribution in [1.82, 2.24) is 0 Å². The minimum atomic E-state index is -3.67. The number of anilines is 1. The van der Waals surface area contributed by atoms with Gasteiger partial charge in [-0.1, -0.05) is 18.2 Å². The Labute approximate surface area is 94.8 Å². The summed E-state index contributed by atoms with van der Waals surface area (Å²) >= 11 is 0. The second-order valence-electron chi connectivity index (χ2n) is 3.09. The fourth-order valence-corrected chi connectivity index (χ4v) is 0.903. The summed E-state index contributed by atoms with van der Waals surface area (Å²) in [6, 6.07) is 7.70. The van der Waals surface area contributed by atoms with E-state index in [0.717, 1.165) is 11.3 Å². The first kappa shape index (κ1) is 14.6. The third kappa shape index (κ3) is 9.13. The summed E-state index contributed by atoms with van der Waals surface area (Å²) < 4.78 is 18.4. The average molecular weight is 245 g/mol. The van der Waals surface area contributed by atoms with E-state index in [1.165, 1.54) is 6.92 Å². The van der Waals surface area contributed by atoms with Crippen molar-refractivity contribution in [3.8, 4) is 0 Å². The summed E-state index contributed by atoms with van der Waals surface area (Å²) in [7, 11) is -3.67. The molecule has 0 radical (unpaired) electrons. The van der Waals surface area contributed by atoms with E-state index in [1.54, 1.807) is 0 Å². The third-order valence-corrected chi connectivity index (χ3v) is 1.46. The number of para-hydroxylation sites is 1. The number of carbonyl (C=O) groups is 1. The standard InChI is InChI=1S/C9H11NO.H4N2O2S/c1-7-5-3-4-6-9(7)10-8(2)11;1-5(2,3)4/h3-6H,1-2H3,(H,10,11);(H4,1,2,3,4). The number of aryl methyl sites for hydroxylation is 1. The molecule has 0 unspecified atom stereocenters. The summed E-state index contributed by atoms with van der Waals surface area (Å²) in [5, 5.41) is 10.9. The zero-order valence-corrected chi connectivity index (χ0v) is 9.91. The SMILES string of the molecule is CC(=O)Nc1ccccc1C.NS(N)(=O)=O. The first-order chi connectivity index (χ1) is 7.20. The van der Waals surface area contributed by atoms with E-state index in [1.807, 2.05) is 31.2 Å².